The molecule has 168 valence electrons. The van der Waals surface area contributed by atoms with Gasteiger partial charge < -0.3 is 14.0 Å². The molecule has 1 atom stereocenters. The second-order valence-corrected chi connectivity index (χ2v) is 8.82. The van der Waals surface area contributed by atoms with Crippen molar-refractivity contribution in [3.8, 4) is 16.9 Å². The standard InChI is InChI=1S/C29H29NO3/c1-19-16-23-24(17-20(19)2)29(31)30-15-9-14-26(28(30)27(23)21-10-5-4-6-11-21)33-18-22-12-7-8-13-25(22)32-3/h4-8,10-13,16-17,26H,9,14-15,18H2,1-3H3. The average Bonchev–Trinajstić information content (AvgIpc) is 2.85. The van der Waals surface area contributed by atoms with Gasteiger partial charge >= 0.3 is 0 Å². The molecule has 0 fully saturated rings. The largest absolute Gasteiger partial charge is 0.496 e. The van der Waals surface area contributed by atoms with Crippen molar-refractivity contribution in [2.75, 3.05) is 7.11 Å². The van der Waals surface area contributed by atoms with Crippen LogP contribution in [0.5, 0.6) is 5.75 Å². The molecule has 0 spiro atoms. The molecule has 1 unspecified atom stereocenters. The van der Waals surface area contributed by atoms with Gasteiger partial charge in [0.2, 0.25) is 0 Å². The van der Waals surface area contributed by atoms with E-state index in [9.17, 15) is 4.79 Å². The van der Waals surface area contributed by atoms with Crippen molar-refractivity contribution in [1.82, 2.24) is 4.57 Å². The lowest BCUT2D eigenvalue weighted by Gasteiger charge is -2.31. The predicted molar refractivity (Wildman–Crippen MR) is 133 cm³/mol. The molecule has 5 rings (SSSR count). The van der Waals surface area contributed by atoms with Gasteiger partial charge in [-0.25, -0.2) is 0 Å². The van der Waals surface area contributed by atoms with Crippen LogP contribution in [0.4, 0.5) is 0 Å². The molecule has 0 aliphatic carbocycles. The number of methoxy groups -OCH3 is 1. The van der Waals surface area contributed by atoms with Gasteiger partial charge in [-0.2, -0.15) is 0 Å². The Morgan fingerprint density at radius 2 is 1.64 bits per heavy atom. The third kappa shape index (κ3) is 3.85. The van der Waals surface area contributed by atoms with Crippen LogP contribution in [0.25, 0.3) is 21.9 Å². The van der Waals surface area contributed by atoms with Gasteiger partial charge in [-0.15, -0.1) is 0 Å². The fourth-order valence-corrected chi connectivity index (χ4v) is 4.94. The SMILES string of the molecule is COc1ccccc1COC1CCCn2c1c(-c1ccccc1)c1cc(C)c(C)cc1c2=O. The van der Waals surface area contributed by atoms with E-state index in [1.54, 1.807) is 7.11 Å². The lowest BCUT2D eigenvalue weighted by Crippen LogP contribution is -2.31. The summed E-state index contributed by atoms with van der Waals surface area (Å²) in [5.74, 6) is 0.818. The van der Waals surface area contributed by atoms with Crippen LogP contribution in [0.1, 0.15) is 41.3 Å². The lowest BCUT2D eigenvalue weighted by molar-refractivity contribution is 0.0180. The molecule has 0 radical (unpaired) electrons. The predicted octanol–water partition coefficient (Wildman–Crippen LogP) is 6.35. The third-order valence-corrected chi connectivity index (χ3v) is 6.77. The minimum atomic E-state index is -0.169. The van der Waals surface area contributed by atoms with E-state index < -0.39 is 0 Å². The third-order valence-electron chi connectivity index (χ3n) is 6.77. The summed E-state index contributed by atoms with van der Waals surface area (Å²) in [4.78, 5) is 13.6. The number of para-hydroxylation sites is 1. The molecule has 4 heteroatoms. The van der Waals surface area contributed by atoms with Gasteiger partial charge in [-0.1, -0.05) is 54.6 Å². The minimum Gasteiger partial charge on any atom is -0.496 e. The van der Waals surface area contributed by atoms with Crippen LogP contribution < -0.4 is 10.3 Å². The maximum absolute atomic E-state index is 13.6. The Morgan fingerprint density at radius 1 is 0.939 bits per heavy atom. The van der Waals surface area contributed by atoms with E-state index in [2.05, 4.69) is 44.2 Å². The molecule has 3 aromatic carbocycles. The van der Waals surface area contributed by atoms with Crippen molar-refractivity contribution < 1.29 is 9.47 Å². The quantitative estimate of drug-likeness (QED) is 0.364. The number of pyridine rings is 1. The number of aryl methyl sites for hydroxylation is 2. The van der Waals surface area contributed by atoms with E-state index in [1.165, 1.54) is 5.56 Å². The molecule has 1 aromatic heterocycles. The van der Waals surface area contributed by atoms with Crippen LogP contribution in [-0.4, -0.2) is 11.7 Å². The van der Waals surface area contributed by atoms with E-state index >= 15 is 0 Å². The number of nitrogens with zero attached hydrogens (tertiary/aromatic N) is 1. The summed E-state index contributed by atoms with van der Waals surface area (Å²) < 4.78 is 14.0. The Kier molecular flexibility index (Phi) is 5.77. The molecule has 2 heterocycles. The zero-order chi connectivity index (χ0) is 22.9. The number of rotatable bonds is 5. The highest BCUT2D eigenvalue weighted by molar-refractivity contribution is 5.98. The van der Waals surface area contributed by atoms with Crippen LogP contribution in [0.3, 0.4) is 0 Å². The van der Waals surface area contributed by atoms with E-state index in [-0.39, 0.29) is 11.7 Å². The van der Waals surface area contributed by atoms with Crippen LogP contribution in [-0.2, 0) is 17.9 Å². The summed E-state index contributed by atoms with van der Waals surface area (Å²) in [7, 11) is 1.68. The molecule has 1 aliphatic heterocycles. The first kappa shape index (κ1) is 21.5. The summed E-state index contributed by atoms with van der Waals surface area (Å²) in [5.41, 5.74) is 6.62. The second kappa shape index (κ2) is 8.87. The van der Waals surface area contributed by atoms with E-state index in [0.29, 0.717) is 13.2 Å². The normalized spacial score (nSPS) is 15.4. The highest BCUT2D eigenvalue weighted by Gasteiger charge is 2.28. The highest BCUT2D eigenvalue weighted by Crippen LogP contribution is 2.40. The van der Waals surface area contributed by atoms with Gasteiger partial charge in [0.25, 0.3) is 5.56 Å². The maximum Gasteiger partial charge on any atom is 0.258 e. The fourth-order valence-electron chi connectivity index (χ4n) is 4.94. The number of fused-ring (bicyclic) bond motifs is 2. The number of ether oxygens (including phenoxy) is 2. The second-order valence-electron chi connectivity index (χ2n) is 8.82. The Balaban J connectivity index is 1.70. The Morgan fingerprint density at radius 3 is 2.39 bits per heavy atom. The van der Waals surface area contributed by atoms with E-state index in [1.807, 2.05) is 41.0 Å². The highest BCUT2D eigenvalue weighted by atomic mass is 16.5. The Hall–Kier alpha value is -3.37. The summed E-state index contributed by atoms with van der Waals surface area (Å²) in [6, 6.07) is 22.5. The Labute approximate surface area is 194 Å². The molecule has 33 heavy (non-hydrogen) atoms. The molecule has 1 aliphatic rings. The Bertz CT molecular complexity index is 1370. The van der Waals surface area contributed by atoms with Crippen molar-refractivity contribution in [2.24, 2.45) is 0 Å². The first-order valence-corrected chi connectivity index (χ1v) is 11.5. The van der Waals surface area contributed by atoms with Crippen molar-refractivity contribution >= 4 is 10.8 Å². The molecular weight excluding hydrogens is 410 g/mol. The van der Waals surface area contributed by atoms with Crippen LogP contribution in [0.2, 0.25) is 0 Å². The van der Waals surface area contributed by atoms with Crippen LogP contribution >= 0.6 is 0 Å². The molecule has 0 bridgehead atoms. The fraction of sp³-hybridized carbons (Fsp3) is 0.276. The van der Waals surface area contributed by atoms with Crippen LogP contribution in [0, 0.1) is 13.8 Å². The number of benzene rings is 3. The van der Waals surface area contributed by atoms with Crippen molar-refractivity contribution in [3.05, 3.63) is 99.5 Å². The van der Waals surface area contributed by atoms with Gasteiger partial charge in [-0.05, 0) is 60.9 Å². The molecule has 0 amide bonds. The van der Waals surface area contributed by atoms with Gasteiger partial charge in [0.1, 0.15) is 5.75 Å². The lowest BCUT2D eigenvalue weighted by atomic mass is 9.90. The van der Waals surface area contributed by atoms with Crippen molar-refractivity contribution in [3.63, 3.8) is 0 Å². The van der Waals surface area contributed by atoms with Gasteiger partial charge in [0.05, 0.1) is 25.5 Å². The first-order valence-electron chi connectivity index (χ1n) is 11.5. The van der Waals surface area contributed by atoms with E-state index in [4.69, 9.17) is 9.47 Å². The number of aromatic nitrogens is 1. The average molecular weight is 440 g/mol. The monoisotopic (exact) mass is 439 g/mol. The number of hydrogen-bond acceptors (Lipinski definition) is 3. The molecule has 0 N–H and O–H groups in total. The molecule has 4 nitrogen and oxygen atoms in total. The molecule has 0 saturated heterocycles. The zero-order valence-corrected chi connectivity index (χ0v) is 19.4. The molecule has 4 aromatic rings. The van der Waals surface area contributed by atoms with E-state index in [0.717, 1.165) is 57.3 Å². The zero-order valence-electron chi connectivity index (χ0n) is 19.4. The first-order chi connectivity index (χ1) is 16.1. The molecular formula is C29H29NO3. The van der Waals surface area contributed by atoms with Crippen molar-refractivity contribution in [2.45, 2.75) is 45.9 Å². The van der Waals surface area contributed by atoms with Gasteiger partial charge in [-0.3, -0.25) is 4.79 Å². The summed E-state index contributed by atoms with van der Waals surface area (Å²) >= 11 is 0. The topological polar surface area (TPSA) is 40.5 Å². The molecule has 0 saturated carbocycles. The maximum atomic E-state index is 13.6. The smallest absolute Gasteiger partial charge is 0.258 e. The number of hydrogen-bond donors (Lipinski definition) is 0. The van der Waals surface area contributed by atoms with Crippen molar-refractivity contribution in [1.29, 1.82) is 0 Å². The van der Waals surface area contributed by atoms with Crippen LogP contribution in [0.15, 0.2) is 71.5 Å². The summed E-state index contributed by atoms with van der Waals surface area (Å²) in [5, 5.41) is 1.79. The van der Waals surface area contributed by atoms with Gasteiger partial charge in [0, 0.05) is 23.1 Å². The minimum absolute atomic E-state index is 0.0772. The summed E-state index contributed by atoms with van der Waals surface area (Å²) in [6.45, 7) is 5.32. The van der Waals surface area contributed by atoms with Gasteiger partial charge in [0.15, 0.2) is 0 Å². The summed E-state index contributed by atoms with van der Waals surface area (Å²) in [6.07, 6.45) is 1.62.